The fourth-order valence-corrected chi connectivity index (χ4v) is 3.12. The number of methoxy groups -OCH3 is 1. The van der Waals surface area contributed by atoms with Crippen LogP contribution in [-0.2, 0) is 6.42 Å². The van der Waals surface area contributed by atoms with Crippen molar-refractivity contribution in [2.24, 2.45) is 0 Å². The van der Waals surface area contributed by atoms with Crippen LogP contribution >= 0.6 is 0 Å². The molecule has 0 unspecified atom stereocenters. The predicted octanol–water partition coefficient (Wildman–Crippen LogP) is 5.86. The topological polar surface area (TPSA) is 108 Å². The number of aromatic hydroxyl groups is 2. The number of carbonyl (C=O) groups is 2. The largest absolute Gasteiger partial charge is 0.508 e. The summed E-state index contributed by atoms with van der Waals surface area (Å²) >= 11 is 0. The van der Waals surface area contributed by atoms with Crippen LogP contribution in [0.4, 0.5) is 16.2 Å². The predicted molar refractivity (Wildman–Crippen MR) is 136 cm³/mol. The molecule has 0 radical (unpaired) electrons. The molecule has 0 aliphatic carbocycles. The van der Waals surface area contributed by atoms with Crippen molar-refractivity contribution < 1.29 is 24.5 Å². The van der Waals surface area contributed by atoms with Crippen LogP contribution in [0, 0.1) is 0 Å². The van der Waals surface area contributed by atoms with Gasteiger partial charge in [0.2, 0.25) is 0 Å². The van der Waals surface area contributed by atoms with Gasteiger partial charge in [-0.3, -0.25) is 4.79 Å². The number of nitrogens with one attached hydrogen (secondary N) is 2. The normalized spacial score (nSPS) is 9.86. The van der Waals surface area contributed by atoms with Crippen LogP contribution in [0.15, 0.2) is 103 Å². The monoisotopic (exact) mass is 470 g/mol. The average molecular weight is 471 g/mol. The van der Waals surface area contributed by atoms with Gasteiger partial charge in [-0.1, -0.05) is 48.5 Å². The number of hydrogen-bond donors (Lipinski definition) is 4. The highest BCUT2D eigenvalue weighted by Crippen LogP contribution is 2.24. The number of hydrogen-bond acceptors (Lipinski definition) is 5. The summed E-state index contributed by atoms with van der Waals surface area (Å²) in [6.07, 6.45) is 0.183. The fraction of sp³-hybridized carbons (Fsp3) is 0.0714. The molecule has 0 spiro atoms. The summed E-state index contributed by atoms with van der Waals surface area (Å²) in [6, 6.07) is 29.5. The molecule has 4 N–H and O–H groups in total. The molecule has 0 saturated carbocycles. The van der Waals surface area contributed by atoms with Crippen molar-refractivity contribution >= 4 is 23.2 Å². The van der Waals surface area contributed by atoms with Gasteiger partial charge in [0.15, 0.2) is 5.78 Å². The lowest BCUT2D eigenvalue weighted by Gasteiger charge is -2.06. The van der Waals surface area contributed by atoms with Crippen LogP contribution in [-0.4, -0.2) is 29.1 Å². The summed E-state index contributed by atoms with van der Waals surface area (Å²) in [5.41, 5.74) is 2.58. The first-order valence-corrected chi connectivity index (χ1v) is 10.8. The van der Waals surface area contributed by atoms with E-state index in [2.05, 4.69) is 10.6 Å². The van der Waals surface area contributed by atoms with E-state index < -0.39 is 0 Å². The molecular weight excluding hydrogens is 444 g/mol. The Labute approximate surface area is 203 Å². The Morgan fingerprint density at radius 2 is 1.29 bits per heavy atom. The molecule has 0 bridgehead atoms. The molecule has 7 heteroatoms. The number of rotatable bonds is 6. The third-order valence-corrected chi connectivity index (χ3v) is 4.87. The highest BCUT2D eigenvalue weighted by atomic mass is 16.5. The SMILES string of the molecule is COc1ccc(CC(=O)c2ccc(O)cc2O)cc1.O=C(Nc1ccccc1)Nc1ccccc1. The number of ketones is 1. The zero-order valence-corrected chi connectivity index (χ0v) is 19.1. The minimum absolute atomic E-state index is 0.0708. The number of Topliss-reactive ketones (excluding diaryl/α,β-unsaturated/α-hetero) is 1. The number of phenols is 2. The lowest BCUT2D eigenvalue weighted by molar-refractivity contribution is 0.0990. The van der Waals surface area contributed by atoms with E-state index in [1.54, 1.807) is 31.4 Å². The van der Waals surface area contributed by atoms with Crippen molar-refractivity contribution in [1.82, 2.24) is 0 Å². The minimum Gasteiger partial charge on any atom is -0.508 e. The van der Waals surface area contributed by atoms with Gasteiger partial charge < -0.3 is 25.6 Å². The first-order chi connectivity index (χ1) is 16.9. The Morgan fingerprint density at radius 1 is 0.743 bits per heavy atom. The highest BCUT2D eigenvalue weighted by Gasteiger charge is 2.12. The van der Waals surface area contributed by atoms with Crippen molar-refractivity contribution in [3.63, 3.8) is 0 Å². The van der Waals surface area contributed by atoms with Crippen molar-refractivity contribution in [3.8, 4) is 17.2 Å². The summed E-state index contributed by atoms with van der Waals surface area (Å²) in [4.78, 5) is 23.6. The lowest BCUT2D eigenvalue weighted by Crippen LogP contribution is -2.19. The minimum atomic E-state index is -0.239. The zero-order valence-electron chi connectivity index (χ0n) is 19.1. The van der Waals surface area contributed by atoms with Gasteiger partial charge in [0, 0.05) is 23.9 Å². The lowest BCUT2D eigenvalue weighted by atomic mass is 10.0. The Morgan fingerprint density at radius 3 is 1.77 bits per heavy atom. The molecule has 4 rings (SSSR count). The third-order valence-electron chi connectivity index (χ3n) is 4.87. The summed E-state index contributed by atoms with van der Waals surface area (Å²) < 4.78 is 5.04. The molecule has 0 fully saturated rings. The van der Waals surface area contributed by atoms with Crippen molar-refractivity contribution in [2.75, 3.05) is 17.7 Å². The van der Waals surface area contributed by atoms with E-state index in [1.807, 2.05) is 60.7 Å². The van der Waals surface area contributed by atoms with E-state index in [9.17, 15) is 19.8 Å². The van der Waals surface area contributed by atoms with Crippen LogP contribution in [0.1, 0.15) is 15.9 Å². The summed E-state index contributed by atoms with van der Waals surface area (Å²) in [5, 5.41) is 24.3. The number of amides is 2. The van der Waals surface area contributed by atoms with Gasteiger partial charge in [-0.05, 0) is 54.1 Å². The molecule has 0 aliphatic rings. The number of ether oxygens (including phenoxy) is 1. The number of benzene rings is 4. The summed E-state index contributed by atoms with van der Waals surface area (Å²) in [6.45, 7) is 0. The Kier molecular flexibility index (Phi) is 8.85. The fourth-order valence-electron chi connectivity index (χ4n) is 3.12. The van der Waals surface area contributed by atoms with Gasteiger partial charge in [-0.15, -0.1) is 0 Å². The molecule has 0 aliphatic heterocycles. The molecule has 0 aromatic heterocycles. The first kappa shape index (κ1) is 24.9. The van der Waals surface area contributed by atoms with Crippen molar-refractivity contribution in [3.05, 3.63) is 114 Å². The van der Waals surface area contributed by atoms with Crippen molar-refractivity contribution in [1.29, 1.82) is 0 Å². The quantitative estimate of drug-likeness (QED) is 0.264. The molecular formula is C28H26N2O5. The smallest absolute Gasteiger partial charge is 0.323 e. The van der Waals surface area contributed by atoms with Crippen LogP contribution in [0.25, 0.3) is 0 Å². The van der Waals surface area contributed by atoms with Gasteiger partial charge in [0.1, 0.15) is 17.2 Å². The average Bonchev–Trinajstić information content (AvgIpc) is 2.86. The van der Waals surface area contributed by atoms with E-state index in [1.165, 1.54) is 12.1 Å². The highest BCUT2D eigenvalue weighted by molar-refractivity contribution is 6.00. The Hall–Kier alpha value is -4.78. The van der Waals surface area contributed by atoms with Gasteiger partial charge in [-0.25, -0.2) is 4.79 Å². The second-order valence-electron chi connectivity index (χ2n) is 7.46. The maximum Gasteiger partial charge on any atom is 0.323 e. The van der Waals surface area contributed by atoms with Crippen LogP contribution < -0.4 is 15.4 Å². The van der Waals surface area contributed by atoms with E-state index in [0.29, 0.717) is 0 Å². The number of phenolic OH excluding ortho intramolecular Hbond substituents is 2. The number of anilines is 2. The molecule has 2 amide bonds. The second-order valence-corrected chi connectivity index (χ2v) is 7.46. The standard InChI is InChI=1S/C15H14O4.C13H12N2O/c1-19-12-5-2-10(3-6-12)8-14(17)13-7-4-11(16)9-15(13)18;16-13(14-11-7-3-1-4-8-11)15-12-9-5-2-6-10-12/h2-7,9,16,18H,8H2,1H3;1-10H,(H2,14,15,16). The molecule has 178 valence electrons. The maximum absolute atomic E-state index is 12.0. The van der Waals surface area contributed by atoms with Gasteiger partial charge in [-0.2, -0.15) is 0 Å². The Bertz CT molecular complexity index is 1200. The van der Waals surface area contributed by atoms with Crippen LogP contribution in [0.3, 0.4) is 0 Å². The molecule has 7 nitrogen and oxygen atoms in total. The Balaban J connectivity index is 0.000000198. The van der Waals surface area contributed by atoms with Crippen LogP contribution in [0.5, 0.6) is 17.2 Å². The molecule has 0 atom stereocenters. The van der Waals surface area contributed by atoms with Gasteiger partial charge in [0.25, 0.3) is 0 Å². The van der Waals surface area contributed by atoms with E-state index in [4.69, 9.17) is 4.74 Å². The first-order valence-electron chi connectivity index (χ1n) is 10.8. The second kappa shape index (κ2) is 12.5. The van der Waals surface area contributed by atoms with E-state index >= 15 is 0 Å². The summed E-state index contributed by atoms with van der Waals surface area (Å²) in [5.74, 6) is 0.239. The van der Waals surface area contributed by atoms with Gasteiger partial charge in [0.05, 0.1) is 12.7 Å². The molecule has 0 saturated heterocycles. The number of para-hydroxylation sites is 2. The maximum atomic E-state index is 12.0. The third kappa shape index (κ3) is 7.94. The molecule has 0 heterocycles. The van der Waals surface area contributed by atoms with Crippen LogP contribution in [0.2, 0.25) is 0 Å². The van der Waals surface area contributed by atoms with E-state index in [0.717, 1.165) is 28.8 Å². The summed E-state index contributed by atoms with van der Waals surface area (Å²) in [7, 11) is 1.58. The molecule has 4 aromatic carbocycles. The van der Waals surface area contributed by atoms with E-state index in [-0.39, 0.29) is 35.3 Å². The number of urea groups is 1. The zero-order chi connectivity index (χ0) is 25.0. The molecule has 35 heavy (non-hydrogen) atoms. The molecule has 4 aromatic rings. The van der Waals surface area contributed by atoms with Gasteiger partial charge >= 0.3 is 6.03 Å². The number of carbonyl (C=O) groups excluding carboxylic acids is 2. The van der Waals surface area contributed by atoms with Crippen molar-refractivity contribution in [2.45, 2.75) is 6.42 Å².